The quantitative estimate of drug-likeness (QED) is 0.496. The highest BCUT2D eigenvalue weighted by atomic mass is 79.9. The van der Waals surface area contributed by atoms with Crippen LogP contribution in [0.25, 0.3) is 0 Å². The first-order chi connectivity index (χ1) is 9.63. The Balaban J connectivity index is 2.20. The molecule has 0 amide bonds. The first-order valence-electron chi connectivity index (χ1n) is 6.30. The third kappa shape index (κ3) is 6.83. The summed E-state index contributed by atoms with van der Waals surface area (Å²) in [6, 6.07) is 3.00. The maximum Gasteiger partial charge on any atom is 0.326 e. The van der Waals surface area contributed by atoms with E-state index >= 15 is 0 Å². The molecule has 112 valence electrons. The third-order valence-electron chi connectivity index (χ3n) is 2.31. The zero-order chi connectivity index (χ0) is 14.8. The molecule has 0 aliphatic rings. The maximum absolute atomic E-state index is 11.5. The van der Waals surface area contributed by atoms with Crippen LogP contribution in [0.5, 0.6) is 0 Å². The molecular weight excluding hydrogens is 330 g/mol. The van der Waals surface area contributed by atoms with Gasteiger partial charge in [-0.2, -0.15) is 0 Å². The van der Waals surface area contributed by atoms with Crippen LogP contribution in [0.4, 0.5) is 0 Å². The molecule has 7 heteroatoms. The van der Waals surface area contributed by atoms with Gasteiger partial charge in [-0.05, 0) is 28.9 Å². The van der Waals surface area contributed by atoms with Crippen molar-refractivity contribution in [3.8, 4) is 0 Å². The first kappa shape index (κ1) is 16.9. The number of ether oxygens (including phenoxy) is 3. The molecule has 0 spiro atoms. The minimum absolute atomic E-state index is 0.114. The molecule has 0 N–H and O–H groups in total. The Morgan fingerprint density at radius 2 is 1.90 bits per heavy atom. The Morgan fingerprint density at radius 1 is 1.20 bits per heavy atom. The molecule has 0 radical (unpaired) electrons. The molecule has 0 unspecified atom stereocenters. The molecule has 1 rings (SSSR count). The van der Waals surface area contributed by atoms with Crippen molar-refractivity contribution in [3.63, 3.8) is 0 Å². The minimum atomic E-state index is -0.474. The number of carbonyl (C=O) groups excluding carboxylic acids is 1. The molecule has 0 bridgehead atoms. The van der Waals surface area contributed by atoms with Gasteiger partial charge in [-0.25, -0.2) is 0 Å². The molecule has 1 heterocycles. The van der Waals surface area contributed by atoms with Crippen LogP contribution in [-0.4, -0.2) is 43.6 Å². The van der Waals surface area contributed by atoms with Crippen LogP contribution in [-0.2, 0) is 25.5 Å². The normalized spacial score (nSPS) is 10.5. The zero-order valence-corrected chi connectivity index (χ0v) is 12.9. The van der Waals surface area contributed by atoms with Gasteiger partial charge in [0.15, 0.2) is 0 Å². The summed E-state index contributed by atoms with van der Waals surface area (Å²) in [5.74, 6) is -0.474. The van der Waals surface area contributed by atoms with E-state index in [9.17, 15) is 9.59 Å². The highest BCUT2D eigenvalue weighted by Gasteiger charge is 2.06. The van der Waals surface area contributed by atoms with Crippen molar-refractivity contribution in [1.29, 1.82) is 0 Å². The van der Waals surface area contributed by atoms with Crippen LogP contribution in [0.15, 0.2) is 27.6 Å². The maximum atomic E-state index is 11.5. The molecule has 1 aromatic heterocycles. The van der Waals surface area contributed by atoms with Crippen LogP contribution < -0.4 is 5.56 Å². The van der Waals surface area contributed by atoms with Crippen LogP contribution in [0.3, 0.4) is 0 Å². The van der Waals surface area contributed by atoms with Crippen molar-refractivity contribution >= 4 is 21.9 Å². The lowest BCUT2D eigenvalue weighted by molar-refractivity contribution is -0.146. The second kappa shape index (κ2) is 9.68. The van der Waals surface area contributed by atoms with E-state index in [1.807, 2.05) is 6.92 Å². The summed E-state index contributed by atoms with van der Waals surface area (Å²) in [4.78, 5) is 23.0. The highest BCUT2D eigenvalue weighted by Crippen LogP contribution is 2.04. The van der Waals surface area contributed by atoms with Gasteiger partial charge in [-0.15, -0.1) is 0 Å². The van der Waals surface area contributed by atoms with E-state index in [-0.39, 0.29) is 18.7 Å². The van der Waals surface area contributed by atoms with E-state index in [4.69, 9.17) is 14.2 Å². The molecule has 0 aromatic carbocycles. The Kier molecular flexibility index (Phi) is 8.17. The smallest absolute Gasteiger partial charge is 0.326 e. The van der Waals surface area contributed by atoms with Crippen LogP contribution >= 0.6 is 15.9 Å². The molecule has 6 nitrogen and oxygen atoms in total. The van der Waals surface area contributed by atoms with E-state index in [1.54, 1.807) is 12.3 Å². The summed E-state index contributed by atoms with van der Waals surface area (Å²) in [7, 11) is 0. The average Bonchev–Trinajstić information content (AvgIpc) is 2.42. The Labute approximate surface area is 125 Å². The third-order valence-corrected chi connectivity index (χ3v) is 2.78. The van der Waals surface area contributed by atoms with Crippen molar-refractivity contribution in [2.45, 2.75) is 13.5 Å². The van der Waals surface area contributed by atoms with Crippen LogP contribution in [0.2, 0.25) is 0 Å². The van der Waals surface area contributed by atoms with Gasteiger partial charge < -0.3 is 18.8 Å². The van der Waals surface area contributed by atoms with Crippen LogP contribution in [0, 0.1) is 0 Å². The number of aromatic nitrogens is 1. The monoisotopic (exact) mass is 347 g/mol. The fourth-order valence-electron chi connectivity index (χ4n) is 1.39. The largest absolute Gasteiger partial charge is 0.462 e. The Hall–Kier alpha value is -1.18. The van der Waals surface area contributed by atoms with Crippen molar-refractivity contribution in [1.82, 2.24) is 4.57 Å². The summed E-state index contributed by atoms with van der Waals surface area (Å²) >= 11 is 3.24. The predicted octanol–water partition coefficient (Wildman–Crippen LogP) is 1.21. The van der Waals surface area contributed by atoms with Gasteiger partial charge in [0.2, 0.25) is 0 Å². The standard InChI is InChI=1S/C13H18BrNO5/c1-2-18-5-6-19-7-8-20-13(17)10-15-9-11(14)3-4-12(15)16/h3-4,9H,2,5-8,10H2,1H3. The van der Waals surface area contributed by atoms with E-state index in [1.165, 1.54) is 10.6 Å². The fourth-order valence-corrected chi connectivity index (χ4v) is 1.77. The summed E-state index contributed by atoms with van der Waals surface area (Å²) < 4.78 is 17.3. The van der Waals surface area contributed by atoms with E-state index in [2.05, 4.69) is 15.9 Å². The number of hydrogen-bond donors (Lipinski definition) is 0. The zero-order valence-electron chi connectivity index (χ0n) is 11.3. The van der Waals surface area contributed by atoms with E-state index in [0.717, 1.165) is 4.47 Å². The number of carbonyl (C=O) groups is 1. The van der Waals surface area contributed by atoms with Crippen molar-refractivity contribution < 1.29 is 19.0 Å². The SMILES string of the molecule is CCOCCOCCOC(=O)Cn1cc(Br)ccc1=O. The number of esters is 1. The number of pyridine rings is 1. The van der Waals surface area contributed by atoms with Gasteiger partial charge in [-0.1, -0.05) is 0 Å². The molecular formula is C13H18BrNO5. The van der Waals surface area contributed by atoms with Gasteiger partial charge in [-0.3, -0.25) is 9.59 Å². The number of nitrogens with zero attached hydrogens (tertiary/aromatic N) is 1. The number of hydrogen-bond acceptors (Lipinski definition) is 5. The number of rotatable bonds is 9. The fraction of sp³-hybridized carbons (Fsp3) is 0.538. The van der Waals surface area contributed by atoms with Gasteiger partial charge in [0, 0.05) is 23.3 Å². The van der Waals surface area contributed by atoms with Crippen molar-refractivity contribution in [2.75, 3.05) is 33.0 Å². The topological polar surface area (TPSA) is 66.8 Å². The lowest BCUT2D eigenvalue weighted by atomic mass is 10.4. The molecule has 0 atom stereocenters. The van der Waals surface area contributed by atoms with Crippen molar-refractivity contribution in [2.24, 2.45) is 0 Å². The molecule has 1 aromatic rings. The molecule has 0 saturated heterocycles. The molecule has 20 heavy (non-hydrogen) atoms. The Bertz CT molecular complexity index is 474. The van der Waals surface area contributed by atoms with Crippen molar-refractivity contribution in [3.05, 3.63) is 33.2 Å². The summed E-state index contributed by atoms with van der Waals surface area (Å²) in [6.45, 7) is 3.91. The second-order valence-electron chi connectivity index (χ2n) is 3.84. The lowest BCUT2D eigenvalue weighted by Gasteiger charge is -2.08. The summed E-state index contributed by atoms with van der Waals surface area (Å²) in [5.41, 5.74) is -0.252. The summed E-state index contributed by atoms with van der Waals surface area (Å²) in [6.07, 6.45) is 1.54. The highest BCUT2D eigenvalue weighted by molar-refractivity contribution is 9.10. The van der Waals surface area contributed by atoms with E-state index < -0.39 is 5.97 Å². The van der Waals surface area contributed by atoms with Gasteiger partial charge in [0.1, 0.15) is 13.2 Å². The van der Waals surface area contributed by atoms with Crippen LogP contribution in [0.1, 0.15) is 6.92 Å². The van der Waals surface area contributed by atoms with Gasteiger partial charge in [0.25, 0.3) is 5.56 Å². The predicted molar refractivity (Wildman–Crippen MR) is 76.7 cm³/mol. The Morgan fingerprint density at radius 3 is 2.65 bits per heavy atom. The molecule has 0 saturated carbocycles. The first-order valence-corrected chi connectivity index (χ1v) is 7.10. The second-order valence-corrected chi connectivity index (χ2v) is 4.76. The van der Waals surface area contributed by atoms with E-state index in [0.29, 0.717) is 26.4 Å². The van der Waals surface area contributed by atoms with Gasteiger partial charge in [0.05, 0.1) is 19.8 Å². The summed E-state index contributed by atoms with van der Waals surface area (Å²) in [5, 5.41) is 0. The average molecular weight is 348 g/mol. The van der Waals surface area contributed by atoms with Gasteiger partial charge >= 0.3 is 5.97 Å². The number of halogens is 1. The lowest BCUT2D eigenvalue weighted by Crippen LogP contribution is -2.25. The molecule has 0 aliphatic heterocycles. The molecule has 0 aliphatic carbocycles. The molecule has 0 fully saturated rings. The minimum Gasteiger partial charge on any atom is -0.462 e.